The van der Waals surface area contributed by atoms with Crippen molar-refractivity contribution in [2.45, 2.75) is 25.7 Å². The molecule has 0 unspecified atom stereocenters. The number of carbonyl (C=O) groups is 1. The highest BCUT2D eigenvalue weighted by Gasteiger charge is 2.01. The molecule has 0 aromatic carbocycles. The molecule has 1 heterocycles. The van der Waals surface area contributed by atoms with Gasteiger partial charge in [-0.15, -0.1) is 0 Å². The van der Waals surface area contributed by atoms with E-state index < -0.39 is 0 Å². The van der Waals surface area contributed by atoms with Crippen molar-refractivity contribution in [1.29, 1.82) is 0 Å². The van der Waals surface area contributed by atoms with Gasteiger partial charge < -0.3 is 10.0 Å². The Morgan fingerprint density at radius 3 is 2.05 bits per heavy atom. The number of hydrogen-bond donors (Lipinski definition) is 1. The summed E-state index contributed by atoms with van der Waals surface area (Å²) in [5.74, 6) is 0.0388. The van der Waals surface area contributed by atoms with Crippen LogP contribution >= 0.6 is 0 Å². The van der Waals surface area contributed by atoms with Gasteiger partial charge in [0.15, 0.2) is 5.78 Å². The molecule has 0 spiro atoms. The van der Waals surface area contributed by atoms with Crippen molar-refractivity contribution < 1.29 is 9.90 Å². The summed E-state index contributed by atoms with van der Waals surface area (Å²) in [6.07, 6.45) is 23.5. The summed E-state index contributed by atoms with van der Waals surface area (Å²) in [4.78, 5) is 13.2. The molecule has 22 heavy (non-hydrogen) atoms. The quantitative estimate of drug-likeness (QED) is 0.732. The molecule has 0 saturated carbocycles. The molecule has 2 rings (SSSR count). The Morgan fingerprint density at radius 2 is 1.41 bits per heavy atom. The molecule has 0 saturated heterocycles. The van der Waals surface area contributed by atoms with Gasteiger partial charge in [0.1, 0.15) is 0 Å². The number of hydrogen-bond acceptors (Lipinski definition) is 3. The number of allylic oxidation sites excluding steroid dienone is 10. The van der Waals surface area contributed by atoms with Gasteiger partial charge in [-0.1, -0.05) is 37.1 Å². The van der Waals surface area contributed by atoms with E-state index in [1.54, 1.807) is 12.2 Å². The van der Waals surface area contributed by atoms with E-state index in [4.69, 9.17) is 5.11 Å². The summed E-state index contributed by atoms with van der Waals surface area (Å²) in [6, 6.07) is 0. The fraction of sp³-hybridized carbons (Fsp3) is 0.316. The minimum absolute atomic E-state index is 0.0388. The van der Waals surface area contributed by atoms with E-state index in [0.717, 1.165) is 43.4 Å². The number of rotatable bonds is 7. The molecule has 0 aromatic heterocycles. The second kappa shape index (κ2) is 9.00. The molecule has 0 radical (unpaired) electrons. The molecule has 0 amide bonds. The highest BCUT2D eigenvalue weighted by molar-refractivity contribution is 6.01. The van der Waals surface area contributed by atoms with Crippen LogP contribution in [0.2, 0.25) is 0 Å². The van der Waals surface area contributed by atoms with E-state index in [2.05, 4.69) is 29.5 Å². The van der Waals surface area contributed by atoms with E-state index in [9.17, 15) is 4.79 Å². The molecule has 0 atom stereocenters. The number of aliphatic hydroxyl groups is 1. The predicted octanol–water partition coefficient (Wildman–Crippen LogP) is 3.43. The van der Waals surface area contributed by atoms with Crippen molar-refractivity contribution in [1.82, 2.24) is 4.90 Å². The second-order valence-corrected chi connectivity index (χ2v) is 5.41. The zero-order valence-electron chi connectivity index (χ0n) is 12.8. The van der Waals surface area contributed by atoms with Crippen molar-refractivity contribution >= 4 is 5.78 Å². The second-order valence-electron chi connectivity index (χ2n) is 5.41. The zero-order valence-corrected chi connectivity index (χ0v) is 12.8. The maximum absolute atomic E-state index is 11.0. The van der Waals surface area contributed by atoms with Gasteiger partial charge in [-0.3, -0.25) is 4.79 Å². The number of unbranched alkanes of at least 4 members (excludes halogenated alkanes) is 3. The number of carbonyl (C=O) groups excluding carboxylic acids is 1. The maximum atomic E-state index is 11.0. The van der Waals surface area contributed by atoms with Crippen LogP contribution in [-0.2, 0) is 4.79 Å². The minimum Gasteiger partial charge on any atom is -0.396 e. The molecule has 1 aliphatic heterocycles. The van der Waals surface area contributed by atoms with Gasteiger partial charge in [-0.2, -0.15) is 0 Å². The summed E-state index contributed by atoms with van der Waals surface area (Å²) in [6.45, 7) is 1.31. The highest BCUT2D eigenvalue weighted by atomic mass is 16.2. The Balaban J connectivity index is 1.77. The van der Waals surface area contributed by atoms with E-state index >= 15 is 0 Å². The highest BCUT2D eigenvalue weighted by Crippen LogP contribution is 2.13. The third-order valence-corrected chi connectivity index (χ3v) is 3.59. The fourth-order valence-corrected chi connectivity index (χ4v) is 2.26. The lowest BCUT2D eigenvalue weighted by atomic mass is 10.1. The lowest BCUT2D eigenvalue weighted by Gasteiger charge is -2.18. The van der Waals surface area contributed by atoms with Gasteiger partial charge in [-0.05, 0) is 48.3 Å². The average molecular weight is 297 g/mol. The number of ketones is 1. The smallest absolute Gasteiger partial charge is 0.178 e. The van der Waals surface area contributed by atoms with Crippen LogP contribution in [0.5, 0.6) is 0 Å². The van der Waals surface area contributed by atoms with Crippen molar-refractivity contribution in [2.24, 2.45) is 0 Å². The van der Waals surface area contributed by atoms with Crippen LogP contribution in [0.1, 0.15) is 25.7 Å². The topological polar surface area (TPSA) is 40.5 Å². The summed E-state index contributed by atoms with van der Waals surface area (Å²) in [5, 5.41) is 8.73. The summed E-state index contributed by atoms with van der Waals surface area (Å²) in [7, 11) is 0. The third kappa shape index (κ3) is 5.70. The van der Waals surface area contributed by atoms with Crippen molar-refractivity contribution in [2.75, 3.05) is 13.2 Å². The first-order valence-electron chi connectivity index (χ1n) is 7.83. The predicted molar refractivity (Wildman–Crippen MR) is 90.0 cm³/mol. The standard InChI is InChI=1S/C19H23NO2/c21-16-4-2-1-3-13-20-14-11-18(12-15-20)6-5-17-7-9-19(22)10-8-17/h5-12,14-15,21H,1-4,13,16H2. The molecule has 0 bridgehead atoms. The third-order valence-electron chi connectivity index (χ3n) is 3.59. The lowest BCUT2D eigenvalue weighted by molar-refractivity contribution is -0.110. The fourth-order valence-electron chi connectivity index (χ4n) is 2.26. The van der Waals surface area contributed by atoms with E-state index in [1.165, 1.54) is 0 Å². The molecule has 116 valence electrons. The lowest BCUT2D eigenvalue weighted by Crippen LogP contribution is -2.13. The van der Waals surface area contributed by atoms with E-state index in [1.807, 2.05) is 24.3 Å². The molecular weight excluding hydrogens is 274 g/mol. The molecule has 1 N–H and O–H groups in total. The van der Waals surface area contributed by atoms with Gasteiger partial charge in [0, 0.05) is 25.6 Å². The van der Waals surface area contributed by atoms with Crippen LogP contribution in [0.15, 0.2) is 72.2 Å². The minimum atomic E-state index is 0.0388. The van der Waals surface area contributed by atoms with Crippen LogP contribution in [0.4, 0.5) is 0 Å². The average Bonchev–Trinajstić information content (AvgIpc) is 2.55. The van der Waals surface area contributed by atoms with Crippen molar-refractivity contribution in [3.05, 3.63) is 72.2 Å². The van der Waals surface area contributed by atoms with Gasteiger partial charge in [-0.25, -0.2) is 0 Å². The Kier molecular flexibility index (Phi) is 6.65. The zero-order chi connectivity index (χ0) is 15.6. The molecule has 3 nitrogen and oxygen atoms in total. The number of nitrogens with zero attached hydrogens (tertiary/aromatic N) is 1. The van der Waals surface area contributed by atoms with Crippen LogP contribution in [0.25, 0.3) is 0 Å². The van der Waals surface area contributed by atoms with Crippen LogP contribution < -0.4 is 0 Å². The SMILES string of the molecule is O=C1C=CC(=CC=C2C=CN(CCCCCCO)C=C2)C=C1. The Labute approximate surface area is 132 Å². The Morgan fingerprint density at radius 1 is 0.818 bits per heavy atom. The largest absolute Gasteiger partial charge is 0.396 e. The molecule has 2 aliphatic rings. The Bertz CT molecular complexity index is 528. The summed E-state index contributed by atoms with van der Waals surface area (Å²) >= 11 is 0. The summed E-state index contributed by atoms with van der Waals surface area (Å²) in [5.41, 5.74) is 2.17. The van der Waals surface area contributed by atoms with Crippen LogP contribution in [0, 0.1) is 0 Å². The molecule has 3 heteroatoms. The molecule has 1 aliphatic carbocycles. The van der Waals surface area contributed by atoms with E-state index in [0.29, 0.717) is 6.61 Å². The summed E-state index contributed by atoms with van der Waals surface area (Å²) < 4.78 is 0. The first-order chi connectivity index (χ1) is 10.8. The maximum Gasteiger partial charge on any atom is 0.178 e. The monoisotopic (exact) mass is 297 g/mol. The van der Waals surface area contributed by atoms with Crippen LogP contribution in [0.3, 0.4) is 0 Å². The first-order valence-corrected chi connectivity index (χ1v) is 7.83. The van der Waals surface area contributed by atoms with Crippen molar-refractivity contribution in [3.8, 4) is 0 Å². The Hall–Kier alpha value is -2.13. The molecular formula is C19H23NO2. The van der Waals surface area contributed by atoms with Gasteiger partial charge in [0.25, 0.3) is 0 Å². The first kappa shape index (κ1) is 16.2. The van der Waals surface area contributed by atoms with Crippen molar-refractivity contribution in [3.63, 3.8) is 0 Å². The van der Waals surface area contributed by atoms with Gasteiger partial charge in [0.05, 0.1) is 0 Å². The molecule has 0 fully saturated rings. The van der Waals surface area contributed by atoms with Crippen LogP contribution in [-0.4, -0.2) is 28.9 Å². The van der Waals surface area contributed by atoms with Gasteiger partial charge >= 0.3 is 0 Å². The van der Waals surface area contributed by atoms with E-state index in [-0.39, 0.29) is 5.78 Å². The van der Waals surface area contributed by atoms with Gasteiger partial charge in [0.2, 0.25) is 0 Å². The number of aliphatic hydroxyl groups excluding tert-OH is 1. The normalized spacial score (nSPS) is 16.6. The molecule has 0 aromatic rings.